The molecule has 0 saturated carbocycles. The van der Waals surface area contributed by atoms with E-state index in [4.69, 9.17) is 10.8 Å². The molecular weight excluding hydrogens is 232 g/mol. The topological polar surface area (TPSA) is 109 Å². The SMILES string of the molecule is CCN(CCO)S(=O)(=O)c1cnc(N)nc1. The standard InChI is InChI=1S/C8H14N4O3S/c1-2-12(3-4-13)16(14,15)7-5-10-8(9)11-6-7/h5-6,13H,2-4H2,1H3,(H2,9,10,11). The molecular formula is C8H14N4O3S. The van der Waals surface area contributed by atoms with Crippen LogP contribution in [0.1, 0.15) is 6.92 Å². The first-order valence-corrected chi connectivity index (χ1v) is 6.15. The second-order valence-corrected chi connectivity index (χ2v) is 4.94. The molecule has 0 saturated heterocycles. The van der Waals surface area contributed by atoms with Crippen LogP contribution >= 0.6 is 0 Å². The minimum atomic E-state index is -3.64. The van der Waals surface area contributed by atoms with Crippen molar-refractivity contribution >= 4 is 16.0 Å². The third kappa shape index (κ3) is 2.65. The number of aliphatic hydroxyl groups excluding tert-OH is 1. The van der Waals surface area contributed by atoms with Gasteiger partial charge in [0.1, 0.15) is 4.90 Å². The maximum Gasteiger partial charge on any atom is 0.246 e. The van der Waals surface area contributed by atoms with Crippen molar-refractivity contribution in [3.8, 4) is 0 Å². The molecule has 0 fully saturated rings. The van der Waals surface area contributed by atoms with Gasteiger partial charge >= 0.3 is 0 Å². The Balaban J connectivity index is 3.04. The lowest BCUT2D eigenvalue weighted by molar-refractivity contribution is 0.257. The summed E-state index contributed by atoms with van der Waals surface area (Å²) in [5, 5.41) is 8.76. The molecule has 0 unspecified atom stereocenters. The molecule has 0 radical (unpaired) electrons. The normalized spacial score (nSPS) is 11.9. The van der Waals surface area contributed by atoms with Crippen LogP contribution in [0.15, 0.2) is 17.3 Å². The van der Waals surface area contributed by atoms with E-state index >= 15 is 0 Å². The Morgan fingerprint density at radius 1 is 1.44 bits per heavy atom. The van der Waals surface area contributed by atoms with E-state index in [1.165, 1.54) is 0 Å². The highest BCUT2D eigenvalue weighted by atomic mass is 32.2. The Hall–Kier alpha value is -1.25. The predicted octanol–water partition coefficient (Wildman–Crippen LogP) is -0.938. The number of nitrogen functional groups attached to an aromatic ring is 1. The molecule has 0 aliphatic rings. The number of nitrogens with zero attached hydrogens (tertiary/aromatic N) is 3. The maximum atomic E-state index is 12.0. The first kappa shape index (κ1) is 12.8. The van der Waals surface area contributed by atoms with Crippen LogP contribution < -0.4 is 5.73 Å². The summed E-state index contributed by atoms with van der Waals surface area (Å²) in [6.45, 7) is 1.77. The molecule has 1 aromatic rings. The van der Waals surface area contributed by atoms with Crippen LogP contribution in [0.25, 0.3) is 0 Å². The molecule has 7 nitrogen and oxygen atoms in total. The minimum absolute atomic E-state index is 0.0177. The van der Waals surface area contributed by atoms with Gasteiger partial charge in [-0.25, -0.2) is 18.4 Å². The highest BCUT2D eigenvalue weighted by molar-refractivity contribution is 7.89. The van der Waals surface area contributed by atoms with Crippen LogP contribution in [0.3, 0.4) is 0 Å². The van der Waals surface area contributed by atoms with Crippen molar-refractivity contribution in [1.82, 2.24) is 14.3 Å². The van der Waals surface area contributed by atoms with E-state index in [-0.39, 0.29) is 30.5 Å². The van der Waals surface area contributed by atoms with E-state index in [9.17, 15) is 8.42 Å². The molecule has 8 heteroatoms. The van der Waals surface area contributed by atoms with Gasteiger partial charge in [-0.2, -0.15) is 4.31 Å². The van der Waals surface area contributed by atoms with Crippen LogP contribution in [-0.4, -0.2) is 47.5 Å². The molecule has 1 rings (SSSR count). The average molecular weight is 246 g/mol. The second-order valence-electron chi connectivity index (χ2n) is 3.00. The summed E-state index contributed by atoms with van der Waals surface area (Å²) in [7, 11) is -3.64. The van der Waals surface area contributed by atoms with E-state index < -0.39 is 10.0 Å². The largest absolute Gasteiger partial charge is 0.395 e. The fourth-order valence-electron chi connectivity index (χ4n) is 1.17. The number of aromatic nitrogens is 2. The van der Waals surface area contributed by atoms with Crippen molar-refractivity contribution in [3.05, 3.63) is 12.4 Å². The Labute approximate surface area is 94.0 Å². The van der Waals surface area contributed by atoms with Gasteiger partial charge < -0.3 is 10.8 Å². The summed E-state index contributed by atoms with van der Waals surface area (Å²) in [6.07, 6.45) is 2.30. The zero-order chi connectivity index (χ0) is 12.2. The number of nitrogens with two attached hydrogens (primary N) is 1. The smallest absolute Gasteiger partial charge is 0.246 e. The molecule has 0 bridgehead atoms. The summed E-state index contributed by atoms with van der Waals surface area (Å²) in [5.74, 6) is 0.0177. The highest BCUT2D eigenvalue weighted by Crippen LogP contribution is 2.13. The first-order chi connectivity index (χ1) is 7.52. The van der Waals surface area contributed by atoms with Gasteiger partial charge in [-0.05, 0) is 0 Å². The van der Waals surface area contributed by atoms with Crippen molar-refractivity contribution in [3.63, 3.8) is 0 Å². The molecule has 16 heavy (non-hydrogen) atoms. The van der Waals surface area contributed by atoms with Gasteiger partial charge in [0.05, 0.1) is 19.0 Å². The van der Waals surface area contributed by atoms with Gasteiger partial charge in [0.25, 0.3) is 0 Å². The molecule has 0 spiro atoms. The third-order valence-corrected chi connectivity index (χ3v) is 3.92. The lowest BCUT2D eigenvalue weighted by atomic mass is 10.6. The van der Waals surface area contributed by atoms with Crippen molar-refractivity contribution < 1.29 is 13.5 Å². The van der Waals surface area contributed by atoms with E-state index in [1.807, 2.05) is 0 Å². The van der Waals surface area contributed by atoms with Crippen LogP contribution in [0.4, 0.5) is 5.95 Å². The minimum Gasteiger partial charge on any atom is -0.395 e. The Morgan fingerprint density at radius 3 is 2.44 bits per heavy atom. The summed E-state index contributed by atoms with van der Waals surface area (Å²) in [4.78, 5) is 7.21. The molecule has 1 heterocycles. The molecule has 0 atom stereocenters. The first-order valence-electron chi connectivity index (χ1n) is 4.71. The molecule has 90 valence electrons. The molecule has 3 N–H and O–H groups in total. The zero-order valence-corrected chi connectivity index (χ0v) is 9.68. The number of anilines is 1. The molecule has 0 aliphatic heterocycles. The van der Waals surface area contributed by atoms with Crippen LogP contribution in [-0.2, 0) is 10.0 Å². The summed E-state index contributed by atoms with van der Waals surface area (Å²) in [5.41, 5.74) is 5.27. The number of hydrogen-bond donors (Lipinski definition) is 2. The van der Waals surface area contributed by atoms with Crippen LogP contribution in [0, 0.1) is 0 Å². The lowest BCUT2D eigenvalue weighted by Crippen LogP contribution is -2.33. The fraction of sp³-hybridized carbons (Fsp3) is 0.500. The van der Waals surface area contributed by atoms with E-state index in [1.54, 1.807) is 6.92 Å². The third-order valence-electron chi connectivity index (χ3n) is 1.99. The van der Waals surface area contributed by atoms with Crippen molar-refractivity contribution in [2.45, 2.75) is 11.8 Å². The van der Waals surface area contributed by atoms with Gasteiger partial charge in [0.15, 0.2) is 0 Å². The van der Waals surface area contributed by atoms with E-state index in [2.05, 4.69) is 9.97 Å². The number of aliphatic hydroxyl groups is 1. The van der Waals surface area contributed by atoms with Crippen LogP contribution in [0.2, 0.25) is 0 Å². The van der Waals surface area contributed by atoms with Gasteiger partial charge in [-0.15, -0.1) is 0 Å². The quantitative estimate of drug-likeness (QED) is 0.694. The molecule has 0 aromatic carbocycles. The Kier molecular flexibility index (Phi) is 4.16. The average Bonchev–Trinajstić information content (AvgIpc) is 2.26. The Morgan fingerprint density at radius 2 is 2.00 bits per heavy atom. The monoisotopic (exact) mass is 246 g/mol. The number of rotatable bonds is 5. The lowest BCUT2D eigenvalue weighted by Gasteiger charge is -2.18. The zero-order valence-electron chi connectivity index (χ0n) is 8.87. The number of hydrogen-bond acceptors (Lipinski definition) is 6. The second kappa shape index (κ2) is 5.19. The summed E-state index contributed by atoms with van der Waals surface area (Å²) < 4.78 is 25.1. The van der Waals surface area contributed by atoms with Crippen LogP contribution in [0.5, 0.6) is 0 Å². The van der Waals surface area contributed by atoms with E-state index in [0.29, 0.717) is 0 Å². The van der Waals surface area contributed by atoms with Crippen molar-refractivity contribution in [2.24, 2.45) is 0 Å². The number of sulfonamides is 1. The van der Waals surface area contributed by atoms with E-state index in [0.717, 1.165) is 16.7 Å². The van der Waals surface area contributed by atoms with Gasteiger partial charge in [0, 0.05) is 13.1 Å². The van der Waals surface area contributed by atoms with Crippen molar-refractivity contribution in [1.29, 1.82) is 0 Å². The predicted molar refractivity (Wildman–Crippen MR) is 58.0 cm³/mol. The summed E-state index contributed by atoms with van der Waals surface area (Å²) >= 11 is 0. The van der Waals surface area contributed by atoms with Crippen molar-refractivity contribution in [2.75, 3.05) is 25.4 Å². The van der Waals surface area contributed by atoms with Gasteiger partial charge in [-0.1, -0.05) is 6.92 Å². The highest BCUT2D eigenvalue weighted by Gasteiger charge is 2.23. The van der Waals surface area contributed by atoms with Gasteiger partial charge in [-0.3, -0.25) is 0 Å². The van der Waals surface area contributed by atoms with Gasteiger partial charge in [0.2, 0.25) is 16.0 Å². The number of likely N-dealkylation sites (N-methyl/N-ethyl adjacent to an activating group) is 1. The maximum absolute atomic E-state index is 12.0. The summed E-state index contributed by atoms with van der Waals surface area (Å²) in [6, 6.07) is 0. The molecule has 1 aromatic heterocycles. The molecule has 0 amide bonds. The molecule has 0 aliphatic carbocycles. The fourth-order valence-corrected chi connectivity index (χ4v) is 2.50. The Bertz CT molecular complexity index is 431.